The van der Waals surface area contributed by atoms with Crippen LogP contribution in [0.4, 0.5) is 0 Å². The van der Waals surface area contributed by atoms with Crippen molar-refractivity contribution >= 4 is 44.8 Å². The molecule has 1 N–H and O–H groups in total. The number of hydrogen-bond acceptors (Lipinski definition) is 4. The van der Waals surface area contributed by atoms with Crippen molar-refractivity contribution in [2.45, 2.75) is 85.1 Å². The number of para-hydroxylation sites is 1. The second-order valence-electron chi connectivity index (χ2n) is 12.4. The molecule has 2 amide bonds. The molecule has 2 aromatic carbocycles. The number of likely N-dealkylation sites (N-methyl/N-ethyl adjacent to an activating group) is 1. The highest BCUT2D eigenvalue weighted by Crippen LogP contribution is 2.41. The summed E-state index contributed by atoms with van der Waals surface area (Å²) in [5, 5.41) is 3.89. The maximum atomic E-state index is 13.7. The Bertz CT molecular complexity index is 2010. The number of imide groups is 1. The van der Waals surface area contributed by atoms with E-state index in [4.69, 9.17) is 4.74 Å². The number of amides is 2. The number of ether oxygens (including phenoxy) is 1. The average molecular weight is 572 g/mol. The van der Waals surface area contributed by atoms with Gasteiger partial charge in [-0.1, -0.05) is 18.2 Å². The van der Waals surface area contributed by atoms with E-state index in [9.17, 15) is 16.4 Å². The number of aromatic nitrogens is 2. The topological polar surface area (TPSA) is 68.5 Å². The first-order chi connectivity index (χ1) is 21.8. The molecule has 7 nitrogen and oxygen atoms in total. The fourth-order valence-electron chi connectivity index (χ4n) is 5.94. The van der Waals surface area contributed by atoms with Gasteiger partial charge in [-0.05, 0) is 91.2 Å². The molecule has 0 saturated heterocycles. The molecular weight excluding hydrogens is 524 g/mol. The second-order valence-corrected chi connectivity index (χ2v) is 12.4. The van der Waals surface area contributed by atoms with Crippen LogP contribution in [0.2, 0.25) is 0 Å². The molecule has 0 fully saturated rings. The molecule has 1 unspecified atom stereocenters. The van der Waals surface area contributed by atoms with Gasteiger partial charge in [0.05, 0.1) is 24.7 Å². The van der Waals surface area contributed by atoms with Crippen LogP contribution in [0.15, 0.2) is 48.8 Å². The normalized spacial score (nSPS) is 26.0. The average Bonchev–Trinajstić information content (AvgIpc) is 3.62. The molecule has 0 radical (unpaired) electrons. The summed E-state index contributed by atoms with van der Waals surface area (Å²) in [5.41, 5.74) is 3.18. The lowest BCUT2D eigenvalue weighted by Gasteiger charge is -2.36. The molecule has 2 atom stereocenters. The first-order valence-corrected chi connectivity index (χ1v) is 14.5. The van der Waals surface area contributed by atoms with Gasteiger partial charge in [0.25, 0.3) is 11.8 Å². The number of aryl methyl sites for hydroxylation is 2. The monoisotopic (exact) mass is 571 g/mol. The first kappa shape index (κ1) is 22.9. The zero-order valence-corrected chi connectivity index (χ0v) is 25.5. The summed E-state index contributed by atoms with van der Waals surface area (Å²) in [7, 11) is 1.53. The standard InChI is InChI=1S/C35H42N4O3/c1-20(2)37(8)17-24-15-35(6,7)39-19-28(25-11-9-10-12-29(25)39)32-31(33(40)36-34(32)41)27-18-38(16-23(5)42-24)30-14-22(4)21(3)13-26(27)30/h9-14,18-20,23-24H,15-17H2,1-8H3,(H,36,40,41)/t23?,24-/m0/s1/i15D2,17D2,24D. The van der Waals surface area contributed by atoms with E-state index in [0.29, 0.717) is 22.0 Å². The van der Waals surface area contributed by atoms with Crippen molar-refractivity contribution in [3.05, 3.63) is 71.0 Å². The maximum absolute atomic E-state index is 13.7. The van der Waals surface area contributed by atoms with Crippen LogP contribution in [0.1, 0.15) is 70.1 Å². The van der Waals surface area contributed by atoms with E-state index >= 15 is 0 Å². The Morgan fingerprint density at radius 1 is 1.07 bits per heavy atom. The number of carbonyl (C=O) groups is 2. The van der Waals surface area contributed by atoms with Crippen LogP contribution in [0, 0.1) is 13.8 Å². The smallest absolute Gasteiger partial charge is 0.259 e. The van der Waals surface area contributed by atoms with Crippen molar-refractivity contribution in [3.63, 3.8) is 0 Å². The minimum Gasteiger partial charge on any atom is -0.372 e. The number of benzene rings is 2. The Hall–Kier alpha value is -3.68. The van der Waals surface area contributed by atoms with Crippen molar-refractivity contribution in [3.8, 4) is 0 Å². The molecule has 2 aromatic heterocycles. The highest BCUT2D eigenvalue weighted by molar-refractivity contribution is 6.50. The molecule has 2 aliphatic heterocycles. The van der Waals surface area contributed by atoms with Crippen LogP contribution in [-0.4, -0.2) is 57.6 Å². The van der Waals surface area contributed by atoms with Gasteiger partial charge in [0, 0.05) is 75.4 Å². The van der Waals surface area contributed by atoms with Gasteiger partial charge in [-0.25, -0.2) is 0 Å². The van der Waals surface area contributed by atoms with E-state index in [1.807, 2.05) is 42.7 Å². The van der Waals surface area contributed by atoms with Gasteiger partial charge in [-0.15, -0.1) is 0 Å². The van der Waals surface area contributed by atoms with E-state index in [2.05, 4.69) is 5.32 Å². The zero-order valence-electron chi connectivity index (χ0n) is 30.5. The third kappa shape index (κ3) is 4.69. The third-order valence-corrected chi connectivity index (χ3v) is 8.53. The Kier molecular flexibility index (Phi) is 5.58. The summed E-state index contributed by atoms with van der Waals surface area (Å²) in [4.78, 5) is 28.7. The highest BCUT2D eigenvalue weighted by atomic mass is 16.5. The molecule has 4 heterocycles. The lowest BCUT2D eigenvalue weighted by molar-refractivity contribution is -0.122. The minimum atomic E-state index is -2.76. The molecule has 4 bridgehead atoms. The Balaban J connectivity index is 1.77. The SMILES string of the molecule is [2H]C([2H])(N(C)C(C)C)[C@@]1([2H])OC(C)Cn2cc(c3cc(C)c(C)cc32)C2=C(C(=O)NC2=O)c2cn(c3ccccc23)C(C)(C)C1([2H])[2H]. The lowest BCUT2D eigenvalue weighted by Crippen LogP contribution is -2.42. The Labute approximate surface area is 255 Å². The largest absolute Gasteiger partial charge is 0.372 e. The molecule has 0 aliphatic carbocycles. The van der Waals surface area contributed by atoms with Gasteiger partial charge in [-0.3, -0.25) is 14.9 Å². The number of rotatable bonds is 3. The second kappa shape index (κ2) is 10.2. The van der Waals surface area contributed by atoms with Crippen LogP contribution in [0.3, 0.4) is 0 Å². The fourth-order valence-corrected chi connectivity index (χ4v) is 5.94. The molecule has 0 spiro atoms. The van der Waals surface area contributed by atoms with Gasteiger partial charge in [0.15, 0.2) is 0 Å². The van der Waals surface area contributed by atoms with E-state index in [1.54, 1.807) is 63.7 Å². The maximum Gasteiger partial charge on any atom is 0.259 e. The van der Waals surface area contributed by atoms with Crippen molar-refractivity contribution in [1.82, 2.24) is 19.4 Å². The van der Waals surface area contributed by atoms with Crippen molar-refractivity contribution in [2.75, 3.05) is 13.5 Å². The predicted octanol–water partition coefficient (Wildman–Crippen LogP) is 6.03. The molecule has 0 saturated carbocycles. The molecule has 42 heavy (non-hydrogen) atoms. The van der Waals surface area contributed by atoms with Crippen molar-refractivity contribution in [1.29, 1.82) is 0 Å². The number of nitrogens with zero attached hydrogens (tertiary/aromatic N) is 3. The Morgan fingerprint density at radius 2 is 1.71 bits per heavy atom. The molecule has 2 aliphatic rings. The molecule has 220 valence electrons. The first-order valence-electron chi connectivity index (χ1n) is 17.0. The van der Waals surface area contributed by atoms with Crippen LogP contribution < -0.4 is 5.32 Å². The van der Waals surface area contributed by atoms with Gasteiger partial charge < -0.3 is 18.8 Å². The van der Waals surface area contributed by atoms with Gasteiger partial charge in [-0.2, -0.15) is 0 Å². The summed E-state index contributed by atoms with van der Waals surface area (Å²) in [6.45, 7) is 10.0. The van der Waals surface area contributed by atoms with E-state index in [1.165, 1.54) is 11.9 Å². The van der Waals surface area contributed by atoms with E-state index in [0.717, 1.165) is 22.0 Å². The van der Waals surface area contributed by atoms with E-state index in [-0.39, 0.29) is 23.7 Å². The predicted molar refractivity (Wildman–Crippen MR) is 169 cm³/mol. The summed E-state index contributed by atoms with van der Waals surface area (Å²) in [6, 6.07) is 10.9. The quantitative estimate of drug-likeness (QED) is 0.305. The van der Waals surface area contributed by atoms with Crippen LogP contribution >= 0.6 is 0 Å². The van der Waals surface area contributed by atoms with Crippen LogP contribution in [-0.2, 0) is 26.4 Å². The fraction of sp³-hybridized carbons (Fsp3) is 0.429. The van der Waals surface area contributed by atoms with Gasteiger partial charge in [0.1, 0.15) is 0 Å². The van der Waals surface area contributed by atoms with Crippen molar-refractivity contribution in [2.24, 2.45) is 0 Å². The molecule has 6 rings (SSSR count). The zero-order chi connectivity index (χ0) is 34.6. The highest BCUT2D eigenvalue weighted by Gasteiger charge is 2.37. The van der Waals surface area contributed by atoms with E-state index < -0.39 is 42.4 Å². The number of nitrogens with one attached hydrogen (secondary N) is 1. The summed E-state index contributed by atoms with van der Waals surface area (Å²) >= 11 is 0. The van der Waals surface area contributed by atoms with Crippen LogP contribution in [0.5, 0.6) is 0 Å². The minimum absolute atomic E-state index is 0.127. The summed E-state index contributed by atoms with van der Waals surface area (Å²) in [5.74, 6) is -1.06. The summed E-state index contributed by atoms with van der Waals surface area (Å²) in [6.07, 6.45) is -2.84. The number of carbonyl (C=O) groups excluding carboxylic acids is 2. The third-order valence-electron chi connectivity index (χ3n) is 8.53. The number of hydrogen-bond donors (Lipinski definition) is 1. The van der Waals surface area contributed by atoms with Gasteiger partial charge in [0.2, 0.25) is 0 Å². The molecule has 7 heteroatoms. The Morgan fingerprint density at radius 3 is 2.40 bits per heavy atom. The van der Waals surface area contributed by atoms with Gasteiger partial charge >= 0.3 is 0 Å². The molecule has 4 aromatic rings. The number of fused-ring (bicyclic) bond motifs is 12. The van der Waals surface area contributed by atoms with Crippen LogP contribution in [0.25, 0.3) is 33.0 Å². The molecular formula is C35H42N4O3. The lowest BCUT2D eigenvalue weighted by atomic mass is 9.94. The summed E-state index contributed by atoms with van der Waals surface area (Å²) < 4.78 is 57.9. The van der Waals surface area contributed by atoms with Crippen molar-refractivity contribution < 1.29 is 21.2 Å².